The van der Waals surface area contributed by atoms with Gasteiger partial charge in [0.15, 0.2) is 0 Å². The molecular weight excluding hydrogens is 350 g/mol. The Kier molecular flexibility index (Phi) is 7.91. The van der Waals surface area contributed by atoms with Crippen LogP contribution in [-0.4, -0.2) is 47.9 Å². The Balaban J connectivity index is 2.51. The summed E-state index contributed by atoms with van der Waals surface area (Å²) in [5, 5.41) is 7.97. The number of carbonyl (C=O) groups is 1. The normalized spacial score (nSPS) is 11.0. The maximum Gasteiger partial charge on any atom is 0.317 e. The van der Waals surface area contributed by atoms with Crippen molar-refractivity contribution in [1.82, 2.24) is 20.0 Å². The Morgan fingerprint density at radius 1 is 1.14 bits per heavy atom. The minimum Gasteiger partial charge on any atom is -0.362 e. The molecule has 0 saturated heterocycles. The first-order chi connectivity index (χ1) is 13.4. The van der Waals surface area contributed by atoms with Crippen LogP contribution in [0.15, 0.2) is 30.3 Å². The zero-order valence-corrected chi connectivity index (χ0v) is 18.2. The number of anilines is 1. The summed E-state index contributed by atoms with van der Waals surface area (Å²) < 4.78 is 2.00. The van der Waals surface area contributed by atoms with E-state index < -0.39 is 0 Å². The smallest absolute Gasteiger partial charge is 0.317 e. The lowest BCUT2D eigenvalue weighted by Crippen LogP contribution is -2.40. The lowest BCUT2D eigenvalue weighted by atomic mass is 10.0. The summed E-state index contributed by atoms with van der Waals surface area (Å²) in [6.45, 7) is 10.4. The van der Waals surface area contributed by atoms with E-state index >= 15 is 0 Å². The van der Waals surface area contributed by atoms with Crippen molar-refractivity contribution in [2.75, 3.05) is 32.1 Å². The first-order valence-corrected chi connectivity index (χ1v) is 10.3. The molecule has 1 aromatic heterocycles. The van der Waals surface area contributed by atoms with Crippen molar-refractivity contribution in [3.63, 3.8) is 0 Å². The molecule has 0 aliphatic rings. The van der Waals surface area contributed by atoms with Crippen LogP contribution in [0.1, 0.15) is 57.7 Å². The average molecular weight is 386 g/mol. The standard InChI is InChI=1S/C22H35N5O/c1-7-14-23-22(28)26(15-8-2)16-19-20(17(3)4)24-27(21(19)25(5)6)18-12-10-9-11-13-18/h9-13,17H,7-8,14-16H2,1-6H3,(H,23,28). The van der Waals surface area contributed by atoms with E-state index in [-0.39, 0.29) is 11.9 Å². The molecule has 0 saturated carbocycles. The predicted octanol–water partition coefficient (Wildman–Crippen LogP) is 4.39. The molecule has 28 heavy (non-hydrogen) atoms. The molecule has 154 valence electrons. The minimum absolute atomic E-state index is 0.00410. The predicted molar refractivity (Wildman–Crippen MR) is 116 cm³/mol. The van der Waals surface area contributed by atoms with Gasteiger partial charge in [-0.2, -0.15) is 5.10 Å². The number of benzene rings is 1. The molecule has 0 aliphatic carbocycles. The zero-order chi connectivity index (χ0) is 20.7. The molecule has 0 aliphatic heterocycles. The Morgan fingerprint density at radius 3 is 2.36 bits per heavy atom. The van der Waals surface area contributed by atoms with E-state index in [0.717, 1.165) is 42.1 Å². The Bertz CT molecular complexity index is 752. The van der Waals surface area contributed by atoms with Crippen LogP contribution in [0, 0.1) is 0 Å². The molecule has 6 nitrogen and oxygen atoms in total. The number of aromatic nitrogens is 2. The van der Waals surface area contributed by atoms with Crippen LogP contribution in [0.25, 0.3) is 5.69 Å². The maximum atomic E-state index is 12.7. The van der Waals surface area contributed by atoms with Crippen LogP contribution in [0.3, 0.4) is 0 Å². The van der Waals surface area contributed by atoms with Crippen molar-refractivity contribution < 1.29 is 4.79 Å². The summed E-state index contributed by atoms with van der Waals surface area (Å²) in [6, 6.07) is 10.2. The molecule has 0 bridgehead atoms. The van der Waals surface area contributed by atoms with E-state index in [2.05, 4.69) is 50.0 Å². The summed E-state index contributed by atoms with van der Waals surface area (Å²) in [5.74, 6) is 1.29. The molecule has 2 amide bonds. The summed E-state index contributed by atoms with van der Waals surface area (Å²) >= 11 is 0. The van der Waals surface area contributed by atoms with Gasteiger partial charge in [0, 0.05) is 32.7 Å². The molecule has 2 rings (SSSR count). The number of hydrogen-bond donors (Lipinski definition) is 1. The lowest BCUT2D eigenvalue weighted by Gasteiger charge is -2.25. The van der Waals surface area contributed by atoms with Gasteiger partial charge >= 0.3 is 6.03 Å². The highest BCUT2D eigenvalue weighted by atomic mass is 16.2. The molecule has 1 N–H and O–H groups in total. The van der Waals surface area contributed by atoms with Gasteiger partial charge in [-0.3, -0.25) is 0 Å². The number of rotatable bonds is 9. The summed E-state index contributed by atoms with van der Waals surface area (Å²) in [7, 11) is 4.07. The number of hydrogen-bond acceptors (Lipinski definition) is 3. The van der Waals surface area contributed by atoms with E-state index in [1.807, 2.05) is 41.9 Å². The summed E-state index contributed by atoms with van der Waals surface area (Å²) in [5.41, 5.74) is 3.18. The van der Waals surface area contributed by atoms with Crippen LogP contribution in [0.5, 0.6) is 0 Å². The van der Waals surface area contributed by atoms with Gasteiger partial charge in [-0.15, -0.1) is 0 Å². The fraction of sp³-hybridized carbons (Fsp3) is 0.545. The number of nitrogens with zero attached hydrogens (tertiary/aromatic N) is 4. The topological polar surface area (TPSA) is 53.4 Å². The Hall–Kier alpha value is -2.50. The second-order valence-electron chi connectivity index (χ2n) is 7.64. The number of para-hydroxylation sites is 1. The van der Waals surface area contributed by atoms with Gasteiger partial charge in [0.2, 0.25) is 0 Å². The SMILES string of the molecule is CCCNC(=O)N(CCC)Cc1c(C(C)C)nn(-c2ccccc2)c1N(C)C. The summed E-state index contributed by atoms with van der Waals surface area (Å²) in [6.07, 6.45) is 1.85. The highest BCUT2D eigenvalue weighted by Gasteiger charge is 2.25. The van der Waals surface area contributed by atoms with Crippen molar-refractivity contribution >= 4 is 11.8 Å². The van der Waals surface area contributed by atoms with Crippen molar-refractivity contribution in [2.24, 2.45) is 0 Å². The zero-order valence-electron chi connectivity index (χ0n) is 18.2. The molecule has 0 unspecified atom stereocenters. The highest BCUT2D eigenvalue weighted by molar-refractivity contribution is 5.74. The van der Waals surface area contributed by atoms with Crippen molar-refractivity contribution in [1.29, 1.82) is 0 Å². The number of amides is 2. The molecule has 0 fully saturated rings. The van der Waals surface area contributed by atoms with E-state index in [0.29, 0.717) is 13.1 Å². The maximum absolute atomic E-state index is 12.7. The van der Waals surface area contributed by atoms with E-state index in [1.165, 1.54) is 0 Å². The largest absolute Gasteiger partial charge is 0.362 e. The Morgan fingerprint density at radius 2 is 1.82 bits per heavy atom. The number of urea groups is 1. The van der Waals surface area contributed by atoms with Gasteiger partial charge in [-0.1, -0.05) is 45.9 Å². The second kappa shape index (κ2) is 10.2. The molecular formula is C22H35N5O. The summed E-state index contributed by atoms with van der Waals surface area (Å²) in [4.78, 5) is 16.7. The van der Waals surface area contributed by atoms with E-state index in [4.69, 9.17) is 5.10 Å². The van der Waals surface area contributed by atoms with Gasteiger partial charge in [0.1, 0.15) is 5.82 Å². The van der Waals surface area contributed by atoms with Gasteiger partial charge in [-0.25, -0.2) is 9.48 Å². The van der Waals surface area contributed by atoms with Crippen LogP contribution < -0.4 is 10.2 Å². The van der Waals surface area contributed by atoms with Gasteiger partial charge in [-0.05, 0) is 30.9 Å². The van der Waals surface area contributed by atoms with Gasteiger partial charge in [0.05, 0.1) is 17.9 Å². The Labute approximate surface area is 169 Å². The third-order valence-corrected chi connectivity index (χ3v) is 4.61. The molecule has 0 spiro atoms. The monoisotopic (exact) mass is 385 g/mol. The fourth-order valence-corrected chi connectivity index (χ4v) is 3.34. The lowest BCUT2D eigenvalue weighted by molar-refractivity contribution is 0.195. The minimum atomic E-state index is -0.00410. The van der Waals surface area contributed by atoms with Crippen molar-refractivity contribution in [3.8, 4) is 5.69 Å². The molecule has 1 aromatic carbocycles. The van der Waals surface area contributed by atoms with Crippen LogP contribution in [-0.2, 0) is 6.54 Å². The first-order valence-electron chi connectivity index (χ1n) is 10.3. The third kappa shape index (κ3) is 5.06. The molecule has 0 radical (unpaired) electrons. The van der Waals surface area contributed by atoms with Crippen LogP contribution in [0.2, 0.25) is 0 Å². The van der Waals surface area contributed by atoms with Crippen LogP contribution >= 0.6 is 0 Å². The van der Waals surface area contributed by atoms with Gasteiger partial charge in [0.25, 0.3) is 0 Å². The third-order valence-electron chi connectivity index (χ3n) is 4.61. The fourth-order valence-electron chi connectivity index (χ4n) is 3.34. The average Bonchev–Trinajstić information content (AvgIpc) is 3.06. The van der Waals surface area contributed by atoms with Crippen molar-refractivity contribution in [3.05, 3.63) is 41.6 Å². The second-order valence-corrected chi connectivity index (χ2v) is 7.64. The highest BCUT2D eigenvalue weighted by Crippen LogP contribution is 2.31. The van der Waals surface area contributed by atoms with E-state index in [9.17, 15) is 4.79 Å². The quantitative estimate of drug-likeness (QED) is 0.696. The molecule has 6 heteroatoms. The molecule has 0 atom stereocenters. The van der Waals surface area contributed by atoms with Crippen LogP contribution in [0.4, 0.5) is 10.6 Å². The first kappa shape index (κ1) is 21.8. The van der Waals surface area contributed by atoms with Gasteiger partial charge < -0.3 is 15.1 Å². The molecule has 2 aromatic rings. The van der Waals surface area contributed by atoms with E-state index in [1.54, 1.807) is 0 Å². The van der Waals surface area contributed by atoms with Crippen molar-refractivity contribution in [2.45, 2.75) is 53.0 Å². The molecule has 1 heterocycles. The number of carbonyl (C=O) groups excluding carboxylic acids is 1. The number of nitrogens with one attached hydrogen (secondary N) is 1.